The molecule has 0 unspecified atom stereocenters. The number of hydrogen-bond acceptors (Lipinski definition) is 1. The first-order valence-corrected chi connectivity index (χ1v) is 0.447. The van der Waals surface area contributed by atoms with E-state index in [0.717, 1.165) is 7.11 Å². The molecule has 0 spiro atoms. The Morgan fingerprint density at radius 2 is 1.25 bits per heavy atom. The van der Waals surface area contributed by atoms with Crippen molar-refractivity contribution in [3.05, 3.63) is 7.43 Å². The third kappa shape index (κ3) is 11.5. The minimum Gasteiger partial charge on any atom is -0.400 e. The molecule has 0 amide bonds. The first-order valence-electron chi connectivity index (χ1n) is 0.447. The molecule has 0 heterocycles. The van der Waals surface area contributed by atoms with E-state index in [1.807, 2.05) is 0 Å². The predicted octanol–water partition coefficient (Wildman–Crippen LogP) is 0.0563. The van der Waals surface area contributed by atoms with Gasteiger partial charge >= 0.3 is 0 Å². The summed E-state index contributed by atoms with van der Waals surface area (Å²) in [6.07, 6.45) is 0. The molecule has 0 bridgehead atoms. The molecule has 0 aliphatic heterocycles. The van der Waals surface area contributed by atoms with E-state index in [2.05, 4.69) is 0 Å². The van der Waals surface area contributed by atoms with Crippen LogP contribution in [0.1, 0.15) is 0 Å². The summed E-state index contributed by atoms with van der Waals surface area (Å²) < 4.78 is 0. The summed E-state index contributed by atoms with van der Waals surface area (Å²) in [6.45, 7) is 0. The maximum Gasteiger partial charge on any atom is 0.0319 e. The van der Waals surface area contributed by atoms with Gasteiger partial charge in [0.05, 0.1) is 0 Å². The molecule has 1 nitrogen and oxygen atoms in total. The van der Waals surface area contributed by atoms with Crippen molar-refractivity contribution in [2.24, 2.45) is 0 Å². The Morgan fingerprint density at radius 3 is 1.25 bits per heavy atom. The van der Waals surface area contributed by atoms with Crippen LogP contribution in [0.5, 0.6) is 0 Å². The Labute approximate surface area is 52.3 Å². The SMILES string of the molecule is CO.[CH3-].[Y]. The smallest absolute Gasteiger partial charge is 0.0319 e. The first kappa shape index (κ1) is 19.6. The van der Waals surface area contributed by atoms with Gasteiger partial charge in [0, 0.05) is 39.8 Å². The molecule has 4 heavy (non-hydrogen) atoms. The molecular weight excluding hydrogens is 129 g/mol. The van der Waals surface area contributed by atoms with Crippen molar-refractivity contribution in [2.75, 3.05) is 7.11 Å². The third-order valence-corrected chi connectivity index (χ3v) is 0. The molecule has 0 fully saturated rings. The van der Waals surface area contributed by atoms with Crippen LogP contribution in [-0.2, 0) is 32.7 Å². The average Bonchev–Trinajstić information content (AvgIpc) is 1.00. The van der Waals surface area contributed by atoms with Crippen LogP contribution in [0.2, 0.25) is 0 Å². The fourth-order valence-corrected chi connectivity index (χ4v) is 0. The standard InChI is InChI=1S/CH4O.CH3.Y/c1-2;;/h2H,1H3;1H3;/q;-1;. The fourth-order valence-electron chi connectivity index (χ4n) is 0. The van der Waals surface area contributed by atoms with Gasteiger partial charge in [0.25, 0.3) is 0 Å². The maximum atomic E-state index is 7.00. The van der Waals surface area contributed by atoms with Crippen LogP contribution in [0.25, 0.3) is 0 Å². The van der Waals surface area contributed by atoms with E-state index in [4.69, 9.17) is 5.11 Å². The summed E-state index contributed by atoms with van der Waals surface area (Å²) >= 11 is 0. The summed E-state index contributed by atoms with van der Waals surface area (Å²) in [4.78, 5) is 0. The van der Waals surface area contributed by atoms with E-state index in [0.29, 0.717) is 0 Å². The molecule has 0 rings (SSSR count). The largest absolute Gasteiger partial charge is 0.400 e. The number of aliphatic hydroxyl groups excluding tert-OH is 1. The van der Waals surface area contributed by atoms with Crippen molar-refractivity contribution in [1.82, 2.24) is 0 Å². The zero-order chi connectivity index (χ0) is 2.00. The van der Waals surface area contributed by atoms with Crippen LogP contribution in [0.3, 0.4) is 0 Å². The summed E-state index contributed by atoms with van der Waals surface area (Å²) in [5.74, 6) is 0. The molecule has 25 valence electrons. The van der Waals surface area contributed by atoms with Crippen molar-refractivity contribution < 1.29 is 37.8 Å². The normalized spacial score (nSPS) is 1.50. The van der Waals surface area contributed by atoms with E-state index >= 15 is 0 Å². The van der Waals surface area contributed by atoms with Gasteiger partial charge in [-0.25, -0.2) is 0 Å². The summed E-state index contributed by atoms with van der Waals surface area (Å²) in [7, 11) is 1.00. The van der Waals surface area contributed by atoms with Gasteiger partial charge in [-0.3, -0.25) is 0 Å². The van der Waals surface area contributed by atoms with E-state index in [9.17, 15) is 0 Å². The monoisotopic (exact) mass is 136 g/mol. The number of aliphatic hydroxyl groups is 1. The average molecular weight is 136 g/mol. The first-order chi connectivity index (χ1) is 1.00. The summed E-state index contributed by atoms with van der Waals surface area (Å²) in [6, 6.07) is 0. The molecule has 0 aromatic rings. The van der Waals surface area contributed by atoms with Gasteiger partial charge in [0.2, 0.25) is 0 Å². The van der Waals surface area contributed by atoms with E-state index in [-0.39, 0.29) is 40.1 Å². The second kappa shape index (κ2) is 33.7. The fraction of sp³-hybridized carbons (Fsp3) is 0.500. The molecule has 1 radical (unpaired) electrons. The zero-order valence-corrected chi connectivity index (χ0v) is 5.86. The molecule has 0 saturated heterocycles. The molecule has 0 aromatic carbocycles. The third-order valence-electron chi connectivity index (χ3n) is 0. The molecule has 0 aromatic heterocycles. The Balaban J connectivity index is -0.00000000500. The van der Waals surface area contributed by atoms with Crippen LogP contribution in [0, 0.1) is 7.43 Å². The quantitative estimate of drug-likeness (QED) is 0.466. The molecule has 0 atom stereocenters. The van der Waals surface area contributed by atoms with Crippen LogP contribution in [0.15, 0.2) is 0 Å². The van der Waals surface area contributed by atoms with Crippen molar-refractivity contribution in [3.8, 4) is 0 Å². The molecule has 0 aliphatic rings. The second-order valence-corrected chi connectivity index (χ2v) is 0. The van der Waals surface area contributed by atoms with Gasteiger partial charge in [-0.1, -0.05) is 0 Å². The van der Waals surface area contributed by atoms with Gasteiger partial charge in [0.1, 0.15) is 0 Å². The summed E-state index contributed by atoms with van der Waals surface area (Å²) in [5.41, 5.74) is 0. The topological polar surface area (TPSA) is 20.2 Å². The maximum absolute atomic E-state index is 7.00. The van der Waals surface area contributed by atoms with Crippen LogP contribution in [0.4, 0.5) is 0 Å². The number of hydrogen-bond donors (Lipinski definition) is 1. The second-order valence-electron chi connectivity index (χ2n) is 0. The van der Waals surface area contributed by atoms with E-state index < -0.39 is 0 Å². The molecular formula is C2H7OY-. The van der Waals surface area contributed by atoms with Crippen LogP contribution >= 0.6 is 0 Å². The van der Waals surface area contributed by atoms with Crippen LogP contribution in [-0.4, -0.2) is 12.2 Å². The van der Waals surface area contributed by atoms with Crippen LogP contribution < -0.4 is 0 Å². The molecule has 2 heteroatoms. The predicted molar refractivity (Wildman–Crippen MR) is 14.6 cm³/mol. The van der Waals surface area contributed by atoms with Gasteiger partial charge in [-0.2, -0.15) is 0 Å². The van der Waals surface area contributed by atoms with Crippen molar-refractivity contribution in [3.63, 3.8) is 0 Å². The van der Waals surface area contributed by atoms with E-state index in [1.54, 1.807) is 0 Å². The van der Waals surface area contributed by atoms with Gasteiger partial charge < -0.3 is 12.5 Å². The molecule has 1 N–H and O–H groups in total. The Bertz CT molecular complexity index is 6.00. The molecule has 0 saturated carbocycles. The number of rotatable bonds is 0. The van der Waals surface area contributed by atoms with Gasteiger partial charge in [-0.15, -0.1) is 0 Å². The van der Waals surface area contributed by atoms with Crippen molar-refractivity contribution >= 4 is 0 Å². The zero-order valence-electron chi connectivity index (χ0n) is 3.02. The van der Waals surface area contributed by atoms with Crippen molar-refractivity contribution in [2.45, 2.75) is 0 Å². The minimum atomic E-state index is 0. The van der Waals surface area contributed by atoms with Gasteiger partial charge in [-0.05, 0) is 0 Å². The minimum absolute atomic E-state index is 0. The van der Waals surface area contributed by atoms with Gasteiger partial charge in [0.15, 0.2) is 0 Å². The summed E-state index contributed by atoms with van der Waals surface area (Å²) in [5, 5.41) is 7.00. The Kier molecular flexibility index (Phi) is 165. The molecule has 0 aliphatic carbocycles. The Morgan fingerprint density at radius 1 is 1.25 bits per heavy atom. The van der Waals surface area contributed by atoms with E-state index in [1.165, 1.54) is 0 Å². The van der Waals surface area contributed by atoms with Crippen molar-refractivity contribution in [1.29, 1.82) is 0 Å². The Hall–Kier alpha value is 1.06.